The molecule has 2 atom stereocenters. The summed E-state index contributed by atoms with van der Waals surface area (Å²) < 4.78 is 0. The van der Waals surface area contributed by atoms with Crippen molar-refractivity contribution in [3.63, 3.8) is 0 Å². The fraction of sp³-hybridized carbons (Fsp3) is 0.600. The average molecular weight is 311 g/mol. The SMILES string of the molecule is C[C@@H](O)[C@H](N)C(=O)O.O=C(O)CC(O)(CC(=O)O)C(=O)O. The molecule has 0 aromatic rings. The Labute approximate surface area is 118 Å². The second kappa shape index (κ2) is 8.84. The number of aliphatic hydroxyl groups excluding tert-OH is 1. The molecule has 11 heteroatoms. The van der Waals surface area contributed by atoms with Crippen LogP contribution in [0, 0.1) is 0 Å². The van der Waals surface area contributed by atoms with Gasteiger partial charge in [-0.25, -0.2) is 4.79 Å². The zero-order chi connectivity index (χ0) is 17.4. The van der Waals surface area contributed by atoms with Gasteiger partial charge in [-0.2, -0.15) is 0 Å². The number of rotatable bonds is 7. The smallest absolute Gasteiger partial charge is 0.336 e. The van der Waals surface area contributed by atoms with Crippen LogP contribution in [0.2, 0.25) is 0 Å². The fourth-order valence-electron chi connectivity index (χ4n) is 0.920. The zero-order valence-electron chi connectivity index (χ0n) is 11.0. The number of hydrogen-bond donors (Lipinski definition) is 7. The molecule has 0 saturated heterocycles. The Hall–Kier alpha value is -2.24. The molecule has 0 heterocycles. The minimum atomic E-state index is -2.74. The molecule has 0 aliphatic heterocycles. The summed E-state index contributed by atoms with van der Waals surface area (Å²) in [6.45, 7) is 1.33. The molecule has 0 spiro atoms. The molecule has 0 radical (unpaired) electrons. The number of carboxylic acid groups (broad SMARTS) is 4. The topological polar surface area (TPSA) is 216 Å². The first-order valence-electron chi connectivity index (χ1n) is 5.39. The van der Waals surface area contributed by atoms with Gasteiger partial charge in [0.25, 0.3) is 0 Å². The van der Waals surface area contributed by atoms with Crippen molar-refractivity contribution in [2.45, 2.75) is 37.5 Å². The van der Waals surface area contributed by atoms with Gasteiger partial charge in [-0.05, 0) is 6.92 Å². The molecule has 0 bridgehead atoms. The van der Waals surface area contributed by atoms with E-state index in [4.69, 9.17) is 36.4 Å². The van der Waals surface area contributed by atoms with Crippen LogP contribution < -0.4 is 5.73 Å². The van der Waals surface area contributed by atoms with Crippen molar-refractivity contribution in [3.8, 4) is 0 Å². The number of carbonyl (C=O) groups is 4. The second-order valence-corrected chi connectivity index (χ2v) is 4.08. The van der Waals surface area contributed by atoms with E-state index in [0.29, 0.717) is 0 Å². The molecule has 0 aliphatic carbocycles. The lowest BCUT2D eigenvalue weighted by Gasteiger charge is -2.18. The van der Waals surface area contributed by atoms with Gasteiger partial charge >= 0.3 is 23.9 Å². The lowest BCUT2D eigenvalue weighted by Crippen LogP contribution is -2.42. The number of hydrogen-bond acceptors (Lipinski definition) is 7. The van der Waals surface area contributed by atoms with E-state index in [0.717, 1.165) is 0 Å². The summed E-state index contributed by atoms with van der Waals surface area (Å²) in [6.07, 6.45) is -3.27. The van der Waals surface area contributed by atoms with Crippen molar-refractivity contribution >= 4 is 23.9 Å². The molecular weight excluding hydrogens is 294 g/mol. The molecule has 0 fully saturated rings. The fourth-order valence-corrected chi connectivity index (χ4v) is 0.920. The molecule has 0 aromatic carbocycles. The predicted molar refractivity (Wildman–Crippen MR) is 64.4 cm³/mol. The van der Waals surface area contributed by atoms with Crippen LogP contribution in [0.25, 0.3) is 0 Å². The van der Waals surface area contributed by atoms with E-state index in [-0.39, 0.29) is 0 Å². The number of aliphatic carboxylic acids is 4. The minimum absolute atomic E-state index is 0.979. The first kappa shape index (κ1) is 21.1. The molecule has 0 unspecified atom stereocenters. The van der Waals surface area contributed by atoms with Crippen LogP contribution in [0.1, 0.15) is 19.8 Å². The van der Waals surface area contributed by atoms with Crippen LogP contribution in [0.15, 0.2) is 0 Å². The van der Waals surface area contributed by atoms with E-state index in [1.54, 1.807) is 0 Å². The highest BCUT2D eigenvalue weighted by molar-refractivity contribution is 5.88. The Kier molecular flexibility index (Phi) is 8.86. The molecule has 0 rings (SSSR count). The van der Waals surface area contributed by atoms with Crippen LogP contribution in [-0.4, -0.2) is 72.3 Å². The van der Waals surface area contributed by atoms with Crippen LogP contribution in [0.4, 0.5) is 0 Å². The summed E-state index contributed by atoms with van der Waals surface area (Å²) in [5.74, 6) is -6.20. The maximum Gasteiger partial charge on any atom is 0.336 e. The summed E-state index contributed by atoms with van der Waals surface area (Å²) in [7, 11) is 0. The van der Waals surface area contributed by atoms with Gasteiger partial charge in [-0.3, -0.25) is 14.4 Å². The van der Waals surface area contributed by atoms with E-state index in [9.17, 15) is 19.2 Å². The highest BCUT2D eigenvalue weighted by atomic mass is 16.4. The maximum absolute atomic E-state index is 10.3. The zero-order valence-corrected chi connectivity index (χ0v) is 11.0. The van der Waals surface area contributed by atoms with Gasteiger partial charge in [0.1, 0.15) is 6.04 Å². The summed E-state index contributed by atoms with van der Waals surface area (Å²) in [6, 6.07) is -1.16. The Bertz CT molecular complexity index is 389. The van der Waals surface area contributed by atoms with Crippen molar-refractivity contribution < 1.29 is 49.8 Å². The predicted octanol–water partition coefficient (Wildman–Crippen LogP) is -2.47. The van der Waals surface area contributed by atoms with Crippen molar-refractivity contribution in [2.24, 2.45) is 5.73 Å². The summed E-state index contributed by atoms with van der Waals surface area (Å²) in [4.78, 5) is 40.3. The number of aliphatic hydroxyl groups is 2. The van der Waals surface area contributed by atoms with E-state index >= 15 is 0 Å². The Morgan fingerprint density at radius 3 is 1.43 bits per heavy atom. The van der Waals surface area contributed by atoms with Crippen LogP contribution >= 0.6 is 0 Å². The van der Waals surface area contributed by atoms with Gasteiger partial charge in [0.15, 0.2) is 5.60 Å². The van der Waals surface area contributed by atoms with Gasteiger partial charge in [0.05, 0.1) is 18.9 Å². The van der Waals surface area contributed by atoms with Gasteiger partial charge in [0, 0.05) is 0 Å². The van der Waals surface area contributed by atoms with Crippen LogP contribution in [0.5, 0.6) is 0 Å². The Morgan fingerprint density at radius 1 is 1.00 bits per heavy atom. The van der Waals surface area contributed by atoms with Crippen molar-refractivity contribution in [1.29, 1.82) is 0 Å². The van der Waals surface area contributed by atoms with Gasteiger partial charge < -0.3 is 36.4 Å². The molecule has 122 valence electrons. The van der Waals surface area contributed by atoms with E-state index in [1.807, 2.05) is 0 Å². The standard InChI is InChI=1S/C6H8O7.C4H9NO3/c7-3(8)1-6(13,5(11)12)2-4(9)10;1-2(6)3(5)4(7)8/h13H,1-2H2,(H,7,8)(H,9,10)(H,11,12);2-3,6H,5H2,1H3,(H,7,8)/t;2-,3+/m.1/s1. The van der Waals surface area contributed by atoms with Crippen molar-refractivity contribution in [1.82, 2.24) is 0 Å². The first-order chi connectivity index (χ1) is 9.33. The lowest BCUT2D eigenvalue weighted by atomic mass is 9.96. The van der Waals surface area contributed by atoms with E-state index in [2.05, 4.69) is 0 Å². The highest BCUT2D eigenvalue weighted by Gasteiger charge is 2.40. The Morgan fingerprint density at radius 2 is 1.33 bits per heavy atom. The number of carboxylic acids is 4. The molecule has 0 aliphatic rings. The molecule has 8 N–H and O–H groups in total. The van der Waals surface area contributed by atoms with Gasteiger partial charge in [0.2, 0.25) is 0 Å². The first-order valence-corrected chi connectivity index (χ1v) is 5.39. The molecule has 0 aromatic heterocycles. The highest BCUT2D eigenvalue weighted by Crippen LogP contribution is 2.15. The number of nitrogens with two attached hydrogens (primary N) is 1. The van der Waals surface area contributed by atoms with E-state index < -0.39 is 54.5 Å². The second-order valence-electron chi connectivity index (χ2n) is 4.08. The quantitative estimate of drug-likeness (QED) is 0.261. The molecule has 0 amide bonds. The lowest BCUT2D eigenvalue weighted by molar-refractivity contribution is -0.170. The third kappa shape index (κ3) is 9.32. The Balaban J connectivity index is 0. The third-order valence-corrected chi connectivity index (χ3v) is 2.09. The van der Waals surface area contributed by atoms with Crippen LogP contribution in [0.3, 0.4) is 0 Å². The van der Waals surface area contributed by atoms with Crippen molar-refractivity contribution in [2.75, 3.05) is 0 Å². The largest absolute Gasteiger partial charge is 0.481 e. The monoisotopic (exact) mass is 311 g/mol. The average Bonchev–Trinajstić information content (AvgIpc) is 2.25. The normalized spacial score (nSPS) is 13.3. The maximum atomic E-state index is 10.3. The van der Waals surface area contributed by atoms with E-state index in [1.165, 1.54) is 6.92 Å². The summed E-state index contributed by atoms with van der Waals surface area (Å²) >= 11 is 0. The van der Waals surface area contributed by atoms with Crippen molar-refractivity contribution in [3.05, 3.63) is 0 Å². The summed E-state index contributed by atoms with van der Waals surface area (Å²) in [5, 5.41) is 50.4. The molecule has 21 heavy (non-hydrogen) atoms. The molecule has 0 saturated carbocycles. The third-order valence-electron chi connectivity index (χ3n) is 2.09. The molecule has 11 nitrogen and oxygen atoms in total. The van der Waals surface area contributed by atoms with Gasteiger partial charge in [-0.1, -0.05) is 0 Å². The van der Waals surface area contributed by atoms with Gasteiger partial charge in [-0.15, -0.1) is 0 Å². The molecular formula is C10H17NO10. The summed E-state index contributed by atoms with van der Waals surface area (Å²) in [5.41, 5.74) is 2.17. The minimum Gasteiger partial charge on any atom is -0.481 e. The van der Waals surface area contributed by atoms with Crippen LogP contribution in [-0.2, 0) is 19.2 Å².